The van der Waals surface area contributed by atoms with Gasteiger partial charge in [-0.15, -0.1) is 0 Å². The van der Waals surface area contributed by atoms with Crippen LogP contribution in [0.15, 0.2) is 22.7 Å². The van der Waals surface area contributed by atoms with E-state index < -0.39 is 9.84 Å². The highest BCUT2D eigenvalue weighted by Gasteiger charge is 2.07. The van der Waals surface area contributed by atoms with Crippen LogP contribution >= 0.6 is 15.9 Å². The summed E-state index contributed by atoms with van der Waals surface area (Å²) in [6.07, 6.45) is 0. The Kier molecular flexibility index (Phi) is 5.55. The molecule has 0 unspecified atom stereocenters. The third-order valence-electron chi connectivity index (χ3n) is 2.35. The minimum atomic E-state index is -2.96. The highest BCUT2D eigenvalue weighted by atomic mass is 79.9. The maximum absolute atomic E-state index is 13.3. The predicted octanol–water partition coefficient (Wildman–Crippen LogP) is 2.11. The zero-order chi connectivity index (χ0) is 12.9. The van der Waals surface area contributed by atoms with Crippen LogP contribution in [0.5, 0.6) is 0 Å². The molecule has 0 atom stereocenters. The fraction of sp³-hybridized carbons (Fsp3) is 0.455. The van der Waals surface area contributed by atoms with E-state index in [-0.39, 0.29) is 17.3 Å². The van der Waals surface area contributed by atoms with E-state index in [0.717, 1.165) is 4.47 Å². The van der Waals surface area contributed by atoms with Crippen LogP contribution in [0.3, 0.4) is 0 Å². The molecule has 0 radical (unpaired) electrons. The lowest BCUT2D eigenvalue weighted by Crippen LogP contribution is -2.23. The predicted molar refractivity (Wildman–Crippen MR) is 70.1 cm³/mol. The molecule has 0 spiro atoms. The summed E-state index contributed by atoms with van der Waals surface area (Å²) in [5, 5.41) is 2.92. The fourth-order valence-electron chi connectivity index (χ4n) is 1.27. The molecule has 0 aliphatic heterocycles. The molecule has 6 heteroatoms. The van der Waals surface area contributed by atoms with E-state index in [1.54, 1.807) is 19.1 Å². The summed E-state index contributed by atoms with van der Waals surface area (Å²) in [4.78, 5) is 0. The van der Waals surface area contributed by atoms with Crippen LogP contribution in [0.4, 0.5) is 4.39 Å². The maximum Gasteiger partial charge on any atom is 0.151 e. The molecule has 1 rings (SSSR count). The van der Waals surface area contributed by atoms with Crippen LogP contribution in [-0.4, -0.2) is 26.5 Å². The molecule has 0 bridgehead atoms. The van der Waals surface area contributed by atoms with Crippen LogP contribution in [0, 0.1) is 5.82 Å². The van der Waals surface area contributed by atoms with Crippen molar-refractivity contribution in [2.24, 2.45) is 0 Å². The Balaban J connectivity index is 2.44. The molecule has 0 heterocycles. The first-order chi connectivity index (χ1) is 7.94. The maximum atomic E-state index is 13.3. The molecule has 0 saturated carbocycles. The molecular formula is C11H15BrFNO2S. The molecule has 3 nitrogen and oxygen atoms in total. The van der Waals surface area contributed by atoms with Gasteiger partial charge >= 0.3 is 0 Å². The first-order valence-corrected chi connectivity index (χ1v) is 7.91. The highest BCUT2D eigenvalue weighted by molar-refractivity contribution is 9.10. The smallest absolute Gasteiger partial charge is 0.151 e. The van der Waals surface area contributed by atoms with Crippen molar-refractivity contribution in [1.82, 2.24) is 5.32 Å². The standard InChI is InChI=1S/C11H15BrFNO2S/c1-2-17(15,16)6-5-14-8-9-7-10(12)3-4-11(9)13/h3-4,7,14H,2,5-6,8H2,1H3. The highest BCUT2D eigenvalue weighted by Crippen LogP contribution is 2.15. The molecule has 0 aliphatic rings. The van der Waals surface area contributed by atoms with Gasteiger partial charge in [0.2, 0.25) is 0 Å². The van der Waals surface area contributed by atoms with Crippen molar-refractivity contribution in [3.05, 3.63) is 34.1 Å². The van der Waals surface area contributed by atoms with Gasteiger partial charge in [-0.3, -0.25) is 0 Å². The van der Waals surface area contributed by atoms with Gasteiger partial charge in [-0.2, -0.15) is 0 Å². The molecule has 17 heavy (non-hydrogen) atoms. The van der Waals surface area contributed by atoms with Crippen molar-refractivity contribution in [2.45, 2.75) is 13.5 Å². The largest absolute Gasteiger partial charge is 0.312 e. The Morgan fingerprint density at radius 2 is 2.12 bits per heavy atom. The van der Waals surface area contributed by atoms with E-state index in [4.69, 9.17) is 0 Å². The minimum absolute atomic E-state index is 0.0825. The number of halogens is 2. The van der Waals surface area contributed by atoms with Gasteiger partial charge in [0.1, 0.15) is 5.82 Å². The van der Waals surface area contributed by atoms with E-state index in [1.165, 1.54) is 6.07 Å². The summed E-state index contributed by atoms with van der Waals surface area (Å²) in [6.45, 7) is 2.27. The fourth-order valence-corrected chi connectivity index (χ4v) is 2.43. The first-order valence-electron chi connectivity index (χ1n) is 5.29. The Labute approximate surface area is 109 Å². The Bertz CT molecular complexity index is 476. The molecular weight excluding hydrogens is 309 g/mol. The summed E-state index contributed by atoms with van der Waals surface area (Å²) in [6, 6.07) is 4.68. The third-order valence-corrected chi connectivity index (χ3v) is 4.55. The number of nitrogens with one attached hydrogen (secondary N) is 1. The van der Waals surface area contributed by atoms with Crippen LogP contribution in [0.2, 0.25) is 0 Å². The van der Waals surface area contributed by atoms with Gasteiger partial charge < -0.3 is 5.32 Å². The summed E-state index contributed by atoms with van der Waals surface area (Å²) in [5.74, 6) is -0.0713. The van der Waals surface area contributed by atoms with E-state index in [1.807, 2.05) is 0 Å². The van der Waals surface area contributed by atoms with Crippen LogP contribution in [-0.2, 0) is 16.4 Å². The minimum Gasteiger partial charge on any atom is -0.312 e. The topological polar surface area (TPSA) is 46.2 Å². The SMILES string of the molecule is CCS(=O)(=O)CCNCc1cc(Br)ccc1F. The lowest BCUT2D eigenvalue weighted by atomic mass is 10.2. The quantitative estimate of drug-likeness (QED) is 0.816. The molecule has 0 saturated heterocycles. The molecule has 1 aromatic carbocycles. The molecule has 1 aromatic rings. The molecule has 0 aromatic heterocycles. The van der Waals surface area contributed by atoms with Gasteiger partial charge in [0.15, 0.2) is 9.84 Å². The average Bonchev–Trinajstić information content (AvgIpc) is 2.29. The number of hydrogen-bond acceptors (Lipinski definition) is 3. The van der Waals surface area contributed by atoms with Gasteiger partial charge in [0.25, 0.3) is 0 Å². The molecule has 96 valence electrons. The van der Waals surface area contributed by atoms with Gasteiger partial charge in [0, 0.05) is 28.9 Å². The summed E-state index contributed by atoms with van der Waals surface area (Å²) < 4.78 is 36.5. The summed E-state index contributed by atoms with van der Waals surface area (Å²) in [5.41, 5.74) is 0.522. The van der Waals surface area contributed by atoms with E-state index in [2.05, 4.69) is 21.2 Å². The molecule has 0 fully saturated rings. The second-order valence-electron chi connectivity index (χ2n) is 3.65. The lowest BCUT2D eigenvalue weighted by molar-refractivity contribution is 0.582. The first kappa shape index (κ1) is 14.6. The van der Waals surface area contributed by atoms with Crippen molar-refractivity contribution in [2.75, 3.05) is 18.1 Å². The van der Waals surface area contributed by atoms with Crippen molar-refractivity contribution >= 4 is 25.8 Å². The van der Waals surface area contributed by atoms with E-state index in [9.17, 15) is 12.8 Å². The second-order valence-corrected chi connectivity index (χ2v) is 7.04. The van der Waals surface area contributed by atoms with Crippen LogP contribution in [0.25, 0.3) is 0 Å². The second kappa shape index (κ2) is 6.47. The third kappa shape index (κ3) is 5.14. The number of rotatable bonds is 6. The zero-order valence-corrected chi connectivity index (χ0v) is 11.9. The Morgan fingerprint density at radius 3 is 2.76 bits per heavy atom. The summed E-state index contributed by atoms with van der Waals surface area (Å²) in [7, 11) is -2.96. The van der Waals surface area contributed by atoms with Gasteiger partial charge in [-0.25, -0.2) is 12.8 Å². The van der Waals surface area contributed by atoms with Crippen molar-refractivity contribution < 1.29 is 12.8 Å². The van der Waals surface area contributed by atoms with Gasteiger partial charge in [0.05, 0.1) is 5.75 Å². The Hall–Kier alpha value is -0.460. The molecule has 0 aliphatic carbocycles. The monoisotopic (exact) mass is 323 g/mol. The van der Waals surface area contributed by atoms with Crippen LogP contribution < -0.4 is 5.32 Å². The lowest BCUT2D eigenvalue weighted by Gasteiger charge is -2.06. The van der Waals surface area contributed by atoms with Crippen LogP contribution in [0.1, 0.15) is 12.5 Å². The van der Waals surface area contributed by atoms with E-state index in [0.29, 0.717) is 18.7 Å². The molecule has 0 amide bonds. The van der Waals surface area contributed by atoms with Crippen molar-refractivity contribution in [3.63, 3.8) is 0 Å². The average molecular weight is 324 g/mol. The Morgan fingerprint density at radius 1 is 1.41 bits per heavy atom. The van der Waals surface area contributed by atoms with Crippen molar-refractivity contribution in [3.8, 4) is 0 Å². The number of benzene rings is 1. The van der Waals surface area contributed by atoms with E-state index >= 15 is 0 Å². The molecule has 1 N–H and O–H groups in total. The zero-order valence-electron chi connectivity index (χ0n) is 9.54. The van der Waals surface area contributed by atoms with Gasteiger partial charge in [-0.05, 0) is 18.2 Å². The van der Waals surface area contributed by atoms with Crippen molar-refractivity contribution in [1.29, 1.82) is 0 Å². The van der Waals surface area contributed by atoms with Gasteiger partial charge in [-0.1, -0.05) is 22.9 Å². The normalized spacial score (nSPS) is 11.7. The number of sulfone groups is 1. The summed E-state index contributed by atoms with van der Waals surface area (Å²) >= 11 is 3.26. The number of hydrogen-bond donors (Lipinski definition) is 1.